The van der Waals surface area contributed by atoms with Gasteiger partial charge in [0.15, 0.2) is 0 Å². The number of nitrogens with zero attached hydrogens (tertiary/aromatic N) is 1. The van der Waals surface area contributed by atoms with E-state index in [1.165, 1.54) is 6.20 Å². The van der Waals surface area contributed by atoms with Crippen LogP contribution in [0.25, 0.3) is 0 Å². The number of nitrogens with two attached hydrogens (primary N) is 1. The lowest BCUT2D eigenvalue weighted by molar-refractivity contribution is 0.102. The maximum Gasteiger partial charge on any atom is 0.274 e. The highest BCUT2D eigenvalue weighted by Crippen LogP contribution is 2.26. The van der Waals surface area contributed by atoms with E-state index in [-0.39, 0.29) is 5.91 Å². The number of pyridine rings is 1. The van der Waals surface area contributed by atoms with Crippen LogP contribution >= 0.6 is 31.9 Å². The second kappa shape index (κ2) is 6.14. The summed E-state index contributed by atoms with van der Waals surface area (Å²) in [6, 6.07) is 8.79. The smallest absolute Gasteiger partial charge is 0.274 e. The number of carbonyl (C=O) groups excluding carboxylic acids is 1. The fraction of sp³-hybridized carbons (Fsp3) is 0. The van der Waals surface area contributed by atoms with E-state index in [2.05, 4.69) is 47.6 Å². The molecule has 0 bridgehead atoms. The van der Waals surface area contributed by atoms with Gasteiger partial charge in [-0.3, -0.25) is 10.6 Å². The Kier molecular flexibility index (Phi) is 4.52. The minimum Gasteiger partial charge on any atom is -0.323 e. The van der Waals surface area contributed by atoms with Gasteiger partial charge in [-0.15, -0.1) is 0 Å². The summed E-state index contributed by atoms with van der Waals surface area (Å²) in [5.74, 6) is 4.94. The number of carbonyl (C=O) groups is 1. The van der Waals surface area contributed by atoms with Gasteiger partial charge >= 0.3 is 0 Å². The molecule has 0 fully saturated rings. The van der Waals surface area contributed by atoms with Gasteiger partial charge in [-0.2, -0.15) is 0 Å². The molecule has 1 aromatic carbocycles. The van der Waals surface area contributed by atoms with E-state index in [0.717, 1.165) is 8.95 Å². The first kappa shape index (κ1) is 14.0. The Bertz CT molecular complexity index is 601. The highest BCUT2D eigenvalue weighted by Gasteiger charge is 2.09. The van der Waals surface area contributed by atoms with Gasteiger partial charge in [-0.1, -0.05) is 15.9 Å². The average molecular weight is 386 g/mol. The molecule has 0 atom stereocenters. The molecule has 0 aliphatic rings. The number of rotatable bonds is 3. The Morgan fingerprint density at radius 2 is 2.00 bits per heavy atom. The number of benzene rings is 1. The summed E-state index contributed by atoms with van der Waals surface area (Å²) in [4.78, 5) is 16.0. The van der Waals surface area contributed by atoms with Crippen LogP contribution in [0.15, 0.2) is 45.5 Å². The molecule has 7 heteroatoms. The molecule has 19 heavy (non-hydrogen) atoms. The van der Waals surface area contributed by atoms with Crippen LogP contribution in [0.1, 0.15) is 10.5 Å². The maximum absolute atomic E-state index is 12.0. The number of hydrazine groups is 1. The monoisotopic (exact) mass is 384 g/mol. The number of nitrogens with one attached hydrogen (secondary N) is 2. The summed E-state index contributed by atoms with van der Waals surface area (Å²) in [6.45, 7) is 0. The number of hydrogen-bond acceptors (Lipinski definition) is 4. The van der Waals surface area contributed by atoms with E-state index >= 15 is 0 Å². The lowest BCUT2D eigenvalue weighted by Gasteiger charge is -2.08. The zero-order valence-electron chi connectivity index (χ0n) is 9.65. The Morgan fingerprint density at radius 3 is 2.63 bits per heavy atom. The van der Waals surface area contributed by atoms with Crippen LogP contribution in [0.4, 0.5) is 11.4 Å². The van der Waals surface area contributed by atoms with Crippen molar-refractivity contribution >= 4 is 49.1 Å². The highest BCUT2D eigenvalue weighted by atomic mass is 79.9. The summed E-state index contributed by atoms with van der Waals surface area (Å²) in [7, 11) is 0. The topological polar surface area (TPSA) is 80.0 Å². The molecule has 0 aliphatic carbocycles. The zero-order chi connectivity index (χ0) is 13.8. The SMILES string of the molecule is NNc1ccc(C(=O)Nc2cc(Br)ccc2Br)nc1. The third kappa shape index (κ3) is 3.52. The minimum atomic E-state index is -0.289. The normalized spacial score (nSPS) is 10.1. The van der Waals surface area contributed by atoms with Crippen molar-refractivity contribution < 1.29 is 4.79 Å². The molecule has 4 N–H and O–H groups in total. The Balaban J connectivity index is 2.18. The van der Waals surface area contributed by atoms with Gasteiger partial charge in [-0.05, 0) is 46.3 Å². The van der Waals surface area contributed by atoms with Crippen LogP contribution in [-0.4, -0.2) is 10.9 Å². The summed E-state index contributed by atoms with van der Waals surface area (Å²) in [5.41, 5.74) is 4.07. The van der Waals surface area contributed by atoms with Gasteiger partial charge in [-0.25, -0.2) is 4.98 Å². The van der Waals surface area contributed by atoms with Crippen LogP contribution in [0.2, 0.25) is 0 Å². The van der Waals surface area contributed by atoms with E-state index in [1.54, 1.807) is 18.2 Å². The van der Waals surface area contributed by atoms with Gasteiger partial charge in [0.1, 0.15) is 5.69 Å². The van der Waals surface area contributed by atoms with Gasteiger partial charge in [0.2, 0.25) is 0 Å². The van der Waals surface area contributed by atoms with E-state index in [1.807, 2.05) is 12.1 Å². The molecule has 5 nitrogen and oxygen atoms in total. The summed E-state index contributed by atoms with van der Waals surface area (Å²) < 4.78 is 1.67. The van der Waals surface area contributed by atoms with Gasteiger partial charge in [0.25, 0.3) is 5.91 Å². The molecule has 1 heterocycles. The van der Waals surface area contributed by atoms with E-state index in [4.69, 9.17) is 5.84 Å². The molecule has 98 valence electrons. The van der Waals surface area contributed by atoms with Crippen molar-refractivity contribution in [1.29, 1.82) is 0 Å². The Hall–Kier alpha value is -1.44. The van der Waals surface area contributed by atoms with E-state index < -0.39 is 0 Å². The third-order valence-electron chi connectivity index (χ3n) is 2.34. The molecule has 2 aromatic rings. The number of nitrogen functional groups attached to an aromatic ring is 1. The Morgan fingerprint density at radius 1 is 1.21 bits per heavy atom. The van der Waals surface area contributed by atoms with Crippen LogP contribution in [0, 0.1) is 0 Å². The molecule has 1 aromatic heterocycles. The molecular weight excluding hydrogens is 376 g/mol. The van der Waals surface area contributed by atoms with Crippen molar-refractivity contribution in [2.75, 3.05) is 10.7 Å². The number of hydrogen-bond donors (Lipinski definition) is 3. The molecule has 0 unspecified atom stereocenters. The van der Waals surface area contributed by atoms with Crippen molar-refractivity contribution in [1.82, 2.24) is 4.98 Å². The van der Waals surface area contributed by atoms with Crippen LogP contribution in [0.3, 0.4) is 0 Å². The average Bonchev–Trinajstić information content (AvgIpc) is 2.43. The fourth-order valence-corrected chi connectivity index (χ4v) is 2.10. The van der Waals surface area contributed by atoms with Gasteiger partial charge in [0.05, 0.1) is 17.6 Å². The van der Waals surface area contributed by atoms with Crippen molar-refractivity contribution in [3.05, 3.63) is 51.2 Å². The number of anilines is 2. The quantitative estimate of drug-likeness (QED) is 0.560. The van der Waals surface area contributed by atoms with Crippen molar-refractivity contribution in [2.24, 2.45) is 5.84 Å². The summed E-state index contributed by atoms with van der Waals surface area (Å²) in [5, 5.41) is 2.77. The first-order valence-electron chi connectivity index (χ1n) is 5.29. The van der Waals surface area contributed by atoms with Gasteiger partial charge < -0.3 is 10.7 Å². The standard InChI is InChI=1S/C12H10Br2N4O/c13-7-1-3-9(14)11(5-7)17-12(19)10-4-2-8(18-15)6-16-10/h1-6,18H,15H2,(H,17,19). The largest absolute Gasteiger partial charge is 0.323 e. The second-order valence-electron chi connectivity index (χ2n) is 3.65. The van der Waals surface area contributed by atoms with Crippen LogP contribution in [0.5, 0.6) is 0 Å². The predicted octanol–water partition coefficient (Wildman–Crippen LogP) is 3.14. The number of amides is 1. The first-order valence-corrected chi connectivity index (χ1v) is 6.88. The predicted molar refractivity (Wildman–Crippen MR) is 81.8 cm³/mol. The maximum atomic E-state index is 12.0. The second-order valence-corrected chi connectivity index (χ2v) is 5.42. The molecular formula is C12H10Br2N4O. The van der Waals surface area contributed by atoms with E-state index in [9.17, 15) is 4.79 Å². The summed E-state index contributed by atoms with van der Waals surface area (Å²) >= 11 is 6.72. The molecule has 0 radical (unpaired) electrons. The molecule has 0 saturated carbocycles. The first-order chi connectivity index (χ1) is 9.10. The van der Waals surface area contributed by atoms with E-state index in [0.29, 0.717) is 17.1 Å². The highest BCUT2D eigenvalue weighted by molar-refractivity contribution is 9.11. The zero-order valence-corrected chi connectivity index (χ0v) is 12.8. The van der Waals surface area contributed by atoms with Crippen molar-refractivity contribution in [2.45, 2.75) is 0 Å². The number of aromatic nitrogens is 1. The van der Waals surface area contributed by atoms with Crippen LogP contribution in [-0.2, 0) is 0 Å². The van der Waals surface area contributed by atoms with Crippen LogP contribution < -0.4 is 16.6 Å². The van der Waals surface area contributed by atoms with Gasteiger partial charge in [0, 0.05) is 8.95 Å². The minimum absolute atomic E-state index is 0.289. The third-order valence-corrected chi connectivity index (χ3v) is 3.52. The molecule has 0 saturated heterocycles. The molecule has 0 spiro atoms. The lowest BCUT2D eigenvalue weighted by Crippen LogP contribution is -2.14. The molecule has 0 aliphatic heterocycles. The van der Waals surface area contributed by atoms with Crippen molar-refractivity contribution in [3.63, 3.8) is 0 Å². The van der Waals surface area contributed by atoms with Crippen molar-refractivity contribution in [3.8, 4) is 0 Å². The Labute approximate surface area is 126 Å². The molecule has 1 amide bonds. The fourth-order valence-electron chi connectivity index (χ4n) is 1.39. The lowest BCUT2D eigenvalue weighted by atomic mass is 10.3. The number of halogens is 2. The molecule has 2 rings (SSSR count). The summed E-state index contributed by atoms with van der Waals surface area (Å²) in [6.07, 6.45) is 1.49.